The molecule has 0 aromatic rings. The fourth-order valence-electron chi connectivity index (χ4n) is 3.89. The number of hydrogen-bond acceptors (Lipinski definition) is 2. The number of nitrogens with zero attached hydrogens (tertiary/aromatic N) is 2. The second-order valence-electron chi connectivity index (χ2n) is 8.43. The molecule has 0 unspecified atom stereocenters. The topological polar surface area (TPSA) is 15.6 Å². The molecule has 0 amide bonds. The summed E-state index contributed by atoms with van der Waals surface area (Å²) in [5, 5.41) is 0.832. The van der Waals surface area contributed by atoms with Crippen LogP contribution in [-0.4, -0.2) is 28.5 Å². The van der Waals surface area contributed by atoms with Gasteiger partial charge in [-0.3, -0.25) is 4.99 Å². The Morgan fingerprint density at radius 3 is 1.96 bits per heavy atom. The van der Waals surface area contributed by atoms with Crippen LogP contribution in [0, 0.1) is 0 Å². The maximum Gasteiger partial charge on any atom is 0.106 e. The van der Waals surface area contributed by atoms with Gasteiger partial charge in [-0.2, -0.15) is 0 Å². The molecule has 0 heterocycles. The normalized spacial score (nSPS) is 16.0. The van der Waals surface area contributed by atoms with Gasteiger partial charge in [-0.15, -0.1) is 0 Å². The Morgan fingerprint density at radius 2 is 1.33 bits per heavy atom. The smallest absolute Gasteiger partial charge is 0.106 e. The second-order valence-corrected chi connectivity index (χ2v) is 9.75. The summed E-state index contributed by atoms with van der Waals surface area (Å²) >= 11 is 2.12. The van der Waals surface area contributed by atoms with E-state index in [-0.39, 0.29) is 0 Å². The number of rotatable bonds is 16. The predicted molar refractivity (Wildman–Crippen MR) is 126 cm³/mol. The average Bonchev–Trinajstić information content (AvgIpc) is 2.69. The zero-order valence-corrected chi connectivity index (χ0v) is 19.6. The first kappa shape index (κ1) is 24.9. The van der Waals surface area contributed by atoms with E-state index in [4.69, 9.17) is 4.99 Å². The summed E-state index contributed by atoms with van der Waals surface area (Å²) in [5.74, 6) is 1.28. The first-order chi connectivity index (χ1) is 13.3. The third kappa shape index (κ3) is 13.6. The second kappa shape index (κ2) is 17.9. The molecule has 1 fully saturated rings. The lowest BCUT2D eigenvalue weighted by atomic mass is 10.0. The SMILES string of the molecule is CCCCCCCC/N=C(\C)N(CCCCCCCC)SC1CCCCC1. The van der Waals surface area contributed by atoms with Crippen LogP contribution in [0.2, 0.25) is 0 Å². The van der Waals surface area contributed by atoms with Crippen molar-refractivity contribution >= 4 is 17.8 Å². The van der Waals surface area contributed by atoms with E-state index in [1.807, 2.05) is 0 Å². The van der Waals surface area contributed by atoms with Crippen molar-refractivity contribution in [3.8, 4) is 0 Å². The van der Waals surface area contributed by atoms with E-state index in [1.165, 1.54) is 122 Å². The summed E-state index contributed by atoms with van der Waals surface area (Å²) < 4.78 is 2.56. The highest BCUT2D eigenvalue weighted by Crippen LogP contribution is 2.31. The van der Waals surface area contributed by atoms with Crippen molar-refractivity contribution in [3.05, 3.63) is 0 Å². The van der Waals surface area contributed by atoms with Crippen molar-refractivity contribution in [2.24, 2.45) is 4.99 Å². The molecule has 1 rings (SSSR count). The molecule has 1 saturated carbocycles. The van der Waals surface area contributed by atoms with Crippen LogP contribution in [0.15, 0.2) is 4.99 Å². The summed E-state index contributed by atoms with van der Waals surface area (Å²) in [4.78, 5) is 4.96. The third-order valence-corrected chi connectivity index (χ3v) is 7.23. The van der Waals surface area contributed by atoms with Gasteiger partial charge in [0.05, 0.1) is 0 Å². The summed E-state index contributed by atoms with van der Waals surface area (Å²) in [6, 6.07) is 0. The van der Waals surface area contributed by atoms with Crippen LogP contribution in [0.5, 0.6) is 0 Å². The van der Waals surface area contributed by atoms with Gasteiger partial charge in [0.2, 0.25) is 0 Å². The van der Waals surface area contributed by atoms with Gasteiger partial charge in [0, 0.05) is 18.3 Å². The predicted octanol–water partition coefficient (Wildman–Crippen LogP) is 8.41. The highest BCUT2D eigenvalue weighted by atomic mass is 32.2. The lowest BCUT2D eigenvalue weighted by Crippen LogP contribution is -2.27. The first-order valence-corrected chi connectivity index (χ1v) is 13.1. The zero-order chi connectivity index (χ0) is 19.6. The summed E-state index contributed by atoms with van der Waals surface area (Å²) in [7, 11) is 0. The fourth-order valence-corrected chi connectivity index (χ4v) is 5.24. The van der Waals surface area contributed by atoms with Crippen molar-refractivity contribution in [2.75, 3.05) is 13.1 Å². The quantitative estimate of drug-likeness (QED) is 0.113. The monoisotopic (exact) mass is 396 g/mol. The van der Waals surface area contributed by atoms with Crippen LogP contribution >= 0.6 is 11.9 Å². The van der Waals surface area contributed by atoms with Gasteiger partial charge in [0.15, 0.2) is 0 Å². The van der Waals surface area contributed by atoms with Crippen LogP contribution in [0.4, 0.5) is 0 Å². The first-order valence-electron chi connectivity index (χ1n) is 12.2. The van der Waals surface area contributed by atoms with E-state index in [2.05, 4.69) is 37.0 Å². The van der Waals surface area contributed by atoms with Crippen molar-refractivity contribution < 1.29 is 0 Å². The van der Waals surface area contributed by atoms with Gasteiger partial charge in [-0.1, -0.05) is 97.3 Å². The van der Waals surface area contributed by atoms with E-state index >= 15 is 0 Å². The lowest BCUT2D eigenvalue weighted by molar-refractivity contribution is 0.502. The molecule has 0 radical (unpaired) electrons. The van der Waals surface area contributed by atoms with E-state index in [0.717, 1.165) is 11.8 Å². The Labute approximate surface area is 175 Å². The van der Waals surface area contributed by atoms with E-state index in [0.29, 0.717) is 0 Å². The Kier molecular flexibility index (Phi) is 16.5. The van der Waals surface area contributed by atoms with Gasteiger partial charge < -0.3 is 4.31 Å². The molecular weight excluding hydrogens is 348 g/mol. The summed E-state index contributed by atoms with van der Waals surface area (Å²) in [6.45, 7) is 9.06. The minimum atomic E-state index is 0.832. The maximum absolute atomic E-state index is 4.96. The maximum atomic E-state index is 4.96. The average molecular weight is 397 g/mol. The molecule has 1 aliphatic carbocycles. The fraction of sp³-hybridized carbons (Fsp3) is 0.958. The molecule has 0 spiro atoms. The minimum Gasteiger partial charge on any atom is -0.304 e. The Hall–Kier alpha value is -0.180. The molecular formula is C24H48N2S. The Bertz CT molecular complexity index is 350. The van der Waals surface area contributed by atoms with Crippen molar-refractivity contribution in [3.63, 3.8) is 0 Å². The van der Waals surface area contributed by atoms with Crippen LogP contribution in [-0.2, 0) is 0 Å². The summed E-state index contributed by atoms with van der Waals surface area (Å²) in [5.41, 5.74) is 0. The molecule has 0 atom stereocenters. The number of unbranched alkanes of at least 4 members (excludes halogenated alkanes) is 10. The molecule has 0 bridgehead atoms. The Balaban J connectivity index is 2.34. The largest absolute Gasteiger partial charge is 0.304 e. The zero-order valence-electron chi connectivity index (χ0n) is 18.8. The summed E-state index contributed by atoms with van der Waals surface area (Å²) in [6.07, 6.45) is 23.5. The molecule has 0 N–H and O–H groups in total. The molecule has 0 aliphatic heterocycles. The molecule has 1 aliphatic rings. The van der Waals surface area contributed by atoms with Crippen LogP contribution < -0.4 is 0 Å². The van der Waals surface area contributed by atoms with Crippen molar-refractivity contribution in [1.82, 2.24) is 4.31 Å². The van der Waals surface area contributed by atoms with Gasteiger partial charge in [-0.05, 0) is 44.6 Å². The third-order valence-electron chi connectivity index (χ3n) is 5.76. The molecule has 2 nitrogen and oxygen atoms in total. The molecule has 160 valence electrons. The van der Waals surface area contributed by atoms with Gasteiger partial charge in [0.1, 0.15) is 5.84 Å². The molecule has 27 heavy (non-hydrogen) atoms. The molecule has 3 heteroatoms. The highest BCUT2D eigenvalue weighted by molar-refractivity contribution is 7.98. The van der Waals surface area contributed by atoms with Crippen LogP contribution in [0.25, 0.3) is 0 Å². The number of amidine groups is 1. The minimum absolute atomic E-state index is 0.832. The van der Waals surface area contributed by atoms with Gasteiger partial charge in [-0.25, -0.2) is 0 Å². The van der Waals surface area contributed by atoms with Crippen molar-refractivity contribution in [2.45, 2.75) is 135 Å². The van der Waals surface area contributed by atoms with Crippen LogP contribution in [0.1, 0.15) is 130 Å². The highest BCUT2D eigenvalue weighted by Gasteiger charge is 2.19. The van der Waals surface area contributed by atoms with E-state index < -0.39 is 0 Å². The van der Waals surface area contributed by atoms with Crippen molar-refractivity contribution in [1.29, 1.82) is 0 Å². The molecule has 0 aromatic heterocycles. The number of hydrogen-bond donors (Lipinski definition) is 0. The standard InChI is InChI=1S/C24H48N2S/c1-4-6-8-10-12-17-21-25-23(3)26(22-18-13-11-9-7-5-2)27-24-19-15-14-16-20-24/h24H,4-22H2,1-3H3/b25-23+. The molecule has 0 aromatic carbocycles. The lowest BCUT2D eigenvalue weighted by Gasteiger charge is -2.30. The van der Waals surface area contributed by atoms with Crippen LogP contribution in [0.3, 0.4) is 0 Å². The molecule has 0 saturated heterocycles. The van der Waals surface area contributed by atoms with E-state index in [9.17, 15) is 0 Å². The Morgan fingerprint density at radius 1 is 0.778 bits per heavy atom. The van der Waals surface area contributed by atoms with Gasteiger partial charge in [0.25, 0.3) is 0 Å². The van der Waals surface area contributed by atoms with Gasteiger partial charge >= 0.3 is 0 Å². The van der Waals surface area contributed by atoms with E-state index in [1.54, 1.807) is 0 Å². The number of aliphatic imine (C=N–C) groups is 1.